The van der Waals surface area contributed by atoms with E-state index in [1.807, 2.05) is 0 Å². The van der Waals surface area contributed by atoms with Gasteiger partial charge in [0.2, 0.25) is 0 Å². The van der Waals surface area contributed by atoms with Gasteiger partial charge in [-0.1, -0.05) is 29.4 Å². The smallest absolute Gasteiger partial charge is 0.488 e. The molecule has 26 heavy (non-hydrogen) atoms. The lowest BCUT2D eigenvalue weighted by Gasteiger charge is -2.08. The van der Waals surface area contributed by atoms with E-state index in [0.29, 0.717) is 17.9 Å². The molecule has 1 N–H and O–H groups in total. The van der Waals surface area contributed by atoms with Crippen LogP contribution in [-0.4, -0.2) is 20.9 Å². The van der Waals surface area contributed by atoms with E-state index in [0.717, 1.165) is 18.4 Å². The Balaban J connectivity index is 1.86. The van der Waals surface area contributed by atoms with E-state index in [4.69, 9.17) is 4.74 Å². The van der Waals surface area contributed by atoms with E-state index in [2.05, 4.69) is 16.4 Å². The first-order chi connectivity index (χ1) is 12.4. The van der Waals surface area contributed by atoms with Crippen LogP contribution in [0.15, 0.2) is 48.5 Å². The quantitative estimate of drug-likeness (QED) is 0.532. The minimum Gasteiger partial charge on any atom is -0.489 e. The molecule has 0 radical (unpaired) electrons. The SMILES string of the molecule is CCCCNC(=O)c1ccc(COc2ccc(OS(=O)(=O)F)cc2)cc1. The minimum atomic E-state index is -5.04. The van der Waals surface area contributed by atoms with Gasteiger partial charge < -0.3 is 14.2 Å². The fourth-order valence-corrected chi connectivity index (χ4v) is 2.45. The highest BCUT2D eigenvalue weighted by atomic mass is 32.3. The second kappa shape index (κ2) is 9.19. The minimum absolute atomic E-state index is 0.107. The van der Waals surface area contributed by atoms with Crippen molar-refractivity contribution in [1.82, 2.24) is 5.32 Å². The molecule has 0 spiro atoms. The Labute approximate surface area is 152 Å². The van der Waals surface area contributed by atoms with Crippen molar-refractivity contribution in [3.63, 3.8) is 0 Å². The van der Waals surface area contributed by atoms with Crippen molar-refractivity contribution in [3.05, 3.63) is 59.7 Å². The number of amides is 1. The van der Waals surface area contributed by atoms with Gasteiger partial charge in [0.25, 0.3) is 5.91 Å². The van der Waals surface area contributed by atoms with E-state index in [1.54, 1.807) is 24.3 Å². The fourth-order valence-electron chi connectivity index (χ4n) is 2.11. The maximum absolute atomic E-state index is 12.4. The predicted octanol–water partition coefficient (Wildman–Crippen LogP) is 3.39. The summed E-state index contributed by atoms with van der Waals surface area (Å²) in [7, 11) is -5.04. The lowest BCUT2D eigenvalue weighted by Crippen LogP contribution is -2.24. The highest BCUT2D eigenvalue weighted by Gasteiger charge is 2.09. The summed E-state index contributed by atoms with van der Waals surface area (Å²) < 4.78 is 42.9. The van der Waals surface area contributed by atoms with E-state index >= 15 is 0 Å². The molecule has 0 aromatic heterocycles. The molecule has 0 saturated heterocycles. The molecule has 140 valence electrons. The first kappa shape index (κ1) is 19.7. The molecule has 6 nitrogen and oxygen atoms in total. The third-order valence-electron chi connectivity index (χ3n) is 3.46. The molecule has 8 heteroatoms. The summed E-state index contributed by atoms with van der Waals surface area (Å²) in [6.07, 6.45) is 1.96. The number of carbonyl (C=O) groups is 1. The number of unbranched alkanes of at least 4 members (excludes halogenated alkanes) is 1. The molecule has 1 amide bonds. The number of halogens is 1. The molecule has 0 unspecified atom stereocenters. The van der Waals surface area contributed by atoms with Gasteiger partial charge in [-0.2, -0.15) is 8.42 Å². The van der Waals surface area contributed by atoms with E-state index in [9.17, 15) is 17.1 Å². The molecule has 2 aromatic rings. The van der Waals surface area contributed by atoms with Gasteiger partial charge in [0.15, 0.2) is 0 Å². The van der Waals surface area contributed by atoms with Crippen LogP contribution in [0.25, 0.3) is 0 Å². The van der Waals surface area contributed by atoms with Gasteiger partial charge in [0.05, 0.1) is 0 Å². The lowest BCUT2D eigenvalue weighted by molar-refractivity contribution is 0.0953. The molecule has 2 aromatic carbocycles. The Hall–Kier alpha value is -2.61. The Kier molecular flexibility index (Phi) is 6.97. The molecule has 0 bridgehead atoms. The van der Waals surface area contributed by atoms with Crippen LogP contribution in [0.4, 0.5) is 3.89 Å². The standard InChI is InChI=1S/C18H20FNO5S/c1-2-3-12-20-18(21)15-6-4-14(5-7-15)13-24-16-8-10-17(11-9-16)25-26(19,22)23/h4-11H,2-3,12-13H2,1H3,(H,20,21). The zero-order valence-electron chi connectivity index (χ0n) is 14.3. The molecule has 0 aliphatic rings. The van der Waals surface area contributed by atoms with E-state index in [1.165, 1.54) is 24.3 Å². The lowest BCUT2D eigenvalue weighted by atomic mass is 10.1. The first-order valence-corrected chi connectivity index (χ1v) is 9.42. The van der Waals surface area contributed by atoms with Crippen molar-refractivity contribution in [2.45, 2.75) is 26.4 Å². The van der Waals surface area contributed by atoms with Crippen molar-refractivity contribution in [2.75, 3.05) is 6.54 Å². The zero-order chi connectivity index (χ0) is 19.0. The number of benzene rings is 2. The summed E-state index contributed by atoms with van der Waals surface area (Å²) in [6.45, 7) is 2.98. The van der Waals surface area contributed by atoms with Crippen LogP contribution < -0.4 is 14.2 Å². The number of hydrogen-bond donors (Lipinski definition) is 1. The number of nitrogens with one attached hydrogen (secondary N) is 1. The highest BCUT2D eigenvalue weighted by molar-refractivity contribution is 7.81. The summed E-state index contributed by atoms with van der Waals surface area (Å²) in [5.74, 6) is 0.220. The van der Waals surface area contributed by atoms with E-state index < -0.39 is 10.5 Å². The van der Waals surface area contributed by atoms with Gasteiger partial charge in [0.1, 0.15) is 18.1 Å². The third kappa shape index (κ3) is 6.72. The molecule has 0 heterocycles. The van der Waals surface area contributed by atoms with Gasteiger partial charge in [-0.05, 0) is 48.4 Å². The molecule has 0 atom stereocenters. The van der Waals surface area contributed by atoms with Crippen molar-refractivity contribution in [2.24, 2.45) is 0 Å². The van der Waals surface area contributed by atoms with Crippen molar-refractivity contribution in [3.8, 4) is 11.5 Å². The number of hydrogen-bond acceptors (Lipinski definition) is 5. The van der Waals surface area contributed by atoms with Crippen molar-refractivity contribution < 1.29 is 26.0 Å². The monoisotopic (exact) mass is 381 g/mol. The Morgan fingerprint density at radius 1 is 1.04 bits per heavy atom. The normalized spacial score (nSPS) is 11.0. The average Bonchev–Trinajstić information content (AvgIpc) is 2.60. The summed E-state index contributed by atoms with van der Waals surface area (Å²) >= 11 is 0. The molecule has 0 fully saturated rings. The molecule has 0 aliphatic heterocycles. The van der Waals surface area contributed by atoms with Gasteiger partial charge >= 0.3 is 10.5 Å². The van der Waals surface area contributed by atoms with Gasteiger partial charge in [-0.15, -0.1) is 0 Å². The van der Waals surface area contributed by atoms with Crippen LogP contribution in [0.1, 0.15) is 35.7 Å². The first-order valence-electron chi connectivity index (χ1n) is 8.11. The second-order valence-electron chi connectivity index (χ2n) is 5.54. The largest absolute Gasteiger partial charge is 0.489 e. The van der Waals surface area contributed by atoms with Gasteiger partial charge in [-0.3, -0.25) is 4.79 Å². The summed E-state index contributed by atoms with van der Waals surface area (Å²) in [4.78, 5) is 11.9. The van der Waals surface area contributed by atoms with Gasteiger partial charge in [-0.25, -0.2) is 0 Å². The Morgan fingerprint density at radius 3 is 2.23 bits per heavy atom. The summed E-state index contributed by atoms with van der Waals surface area (Å²) in [5.41, 5.74) is 1.44. The zero-order valence-corrected chi connectivity index (χ0v) is 15.1. The van der Waals surface area contributed by atoms with Gasteiger partial charge in [0, 0.05) is 12.1 Å². The van der Waals surface area contributed by atoms with Crippen LogP contribution in [0.5, 0.6) is 11.5 Å². The predicted molar refractivity (Wildman–Crippen MR) is 95.1 cm³/mol. The maximum Gasteiger partial charge on any atom is 0.488 e. The van der Waals surface area contributed by atoms with Crippen molar-refractivity contribution >= 4 is 16.4 Å². The van der Waals surface area contributed by atoms with Crippen LogP contribution in [-0.2, 0) is 17.1 Å². The summed E-state index contributed by atoms with van der Waals surface area (Å²) in [6, 6.07) is 12.5. The van der Waals surface area contributed by atoms with Crippen LogP contribution >= 0.6 is 0 Å². The fraction of sp³-hybridized carbons (Fsp3) is 0.278. The van der Waals surface area contributed by atoms with E-state index in [-0.39, 0.29) is 18.3 Å². The Bertz CT molecular complexity index is 820. The summed E-state index contributed by atoms with van der Waals surface area (Å²) in [5, 5.41) is 2.85. The number of ether oxygens (including phenoxy) is 1. The molecule has 0 aliphatic carbocycles. The molecular formula is C18H20FNO5S. The Morgan fingerprint density at radius 2 is 1.65 bits per heavy atom. The topological polar surface area (TPSA) is 81.7 Å². The molecular weight excluding hydrogens is 361 g/mol. The van der Waals surface area contributed by atoms with Crippen LogP contribution in [0.2, 0.25) is 0 Å². The average molecular weight is 381 g/mol. The molecule has 0 saturated carbocycles. The third-order valence-corrected chi connectivity index (χ3v) is 3.85. The number of rotatable bonds is 9. The highest BCUT2D eigenvalue weighted by Crippen LogP contribution is 2.20. The van der Waals surface area contributed by atoms with Crippen LogP contribution in [0, 0.1) is 0 Å². The maximum atomic E-state index is 12.4. The molecule has 2 rings (SSSR count). The second-order valence-corrected chi connectivity index (χ2v) is 6.50. The number of carbonyl (C=O) groups excluding carboxylic acids is 1. The van der Waals surface area contributed by atoms with Crippen molar-refractivity contribution in [1.29, 1.82) is 0 Å². The van der Waals surface area contributed by atoms with Crippen LogP contribution in [0.3, 0.4) is 0 Å².